The van der Waals surface area contributed by atoms with Gasteiger partial charge in [-0.2, -0.15) is 0 Å². The molecule has 4 heteroatoms. The summed E-state index contributed by atoms with van der Waals surface area (Å²) in [6.07, 6.45) is 9.20. The van der Waals surface area contributed by atoms with E-state index >= 15 is 0 Å². The van der Waals surface area contributed by atoms with Crippen LogP contribution in [0.3, 0.4) is 0 Å². The second-order valence-electron chi connectivity index (χ2n) is 4.23. The summed E-state index contributed by atoms with van der Waals surface area (Å²) >= 11 is 0. The normalized spacial score (nSPS) is 12.4. The average Bonchev–Trinajstić information content (AvgIpc) is 2.69. The van der Waals surface area contributed by atoms with Crippen molar-refractivity contribution in [3.8, 4) is 0 Å². The average molecular weight is 229 g/mol. The molecule has 0 amide bonds. The van der Waals surface area contributed by atoms with Crippen molar-refractivity contribution in [3.05, 3.63) is 37.5 Å². The Morgan fingerprint density at radius 3 is 2.76 bits per heavy atom. The number of hydrogen-bond donors (Lipinski definition) is 0. The summed E-state index contributed by atoms with van der Waals surface area (Å²) in [5, 5.41) is 0. The molecule has 0 fully saturated rings. The lowest BCUT2D eigenvalue weighted by Gasteiger charge is -1.99. The summed E-state index contributed by atoms with van der Waals surface area (Å²) in [6.45, 7) is 10.0. The molecule has 0 aliphatic heterocycles. The van der Waals surface area contributed by atoms with Gasteiger partial charge in [0.05, 0.1) is 17.9 Å². The minimum absolute atomic E-state index is 0.354. The molecule has 0 N–H and O–H groups in total. The highest BCUT2D eigenvalue weighted by molar-refractivity contribution is 5.67. The van der Waals surface area contributed by atoms with E-state index in [0.29, 0.717) is 6.04 Å². The van der Waals surface area contributed by atoms with Gasteiger partial charge < -0.3 is 0 Å². The molecule has 2 aromatic rings. The summed E-state index contributed by atoms with van der Waals surface area (Å²) in [6, 6.07) is 0.354. The first-order chi connectivity index (χ1) is 8.15. The number of nitrogens with zero attached hydrogens (tertiary/aromatic N) is 4. The highest BCUT2D eigenvalue weighted by Gasteiger charge is 2.19. The Labute approximate surface area is 101 Å². The van der Waals surface area contributed by atoms with Crippen molar-refractivity contribution < 1.29 is 4.57 Å². The van der Waals surface area contributed by atoms with Gasteiger partial charge in [-0.25, -0.2) is 14.1 Å². The first kappa shape index (κ1) is 11.5. The molecule has 0 spiro atoms. The van der Waals surface area contributed by atoms with Crippen molar-refractivity contribution in [1.29, 1.82) is 0 Å². The number of fused-ring (bicyclic) bond motifs is 1. The van der Waals surface area contributed by atoms with Gasteiger partial charge in [0.25, 0.3) is 5.65 Å². The van der Waals surface area contributed by atoms with Gasteiger partial charge in [-0.1, -0.05) is 12.7 Å². The Balaban J connectivity index is 2.73. The molecule has 2 aromatic heterocycles. The zero-order valence-electron chi connectivity index (χ0n) is 10.5. The smallest absolute Gasteiger partial charge is 0.229 e. The fourth-order valence-corrected chi connectivity index (χ4v) is 1.80. The summed E-state index contributed by atoms with van der Waals surface area (Å²) in [5.41, 5.74) is 2.85. The molecule has 0 bridgehead atoms. The first-order valence-corrected chi connectivity index (χ1v) is 5.68. The van der Waals surface area contributed by atoms with Gasteiger partial charge in [0.1, 0.15) is 6.20 Å². The van der Waals surface area contributed by atoms with E-state index in [1.165, 1.54) is 0 Å². The fourth-order valence-electron chi connectivity index (χ4n) is 1.80. The van der Waals surface area contributed by atoms with Crippen LogP contribution in [0.15, 0.2) is 37.5 Å². The van der Waals surface area contributed by atoms with Crippen LogP contribution in [0.25, 0.3) is 17.0 Å². The standard InChI is InChI=1S/C13H17N4/c1-5-6-11(4)17-9-16(10(2)3)12-13(17)15-8-7-14-12/h5-10H,1H2,2-4H3/q+1. The Hall–Kier alpha value is -1.97. The van der Waals surface area contributed by atoms with E-state index in [1.54, 1.807) is 18.5 Å². The number of imidazole rings is 1. The summed E-state index contributed by atoms with van der Waals surface area (Å²) in [4.78, 5) is 8.78. The third kappa shape index (κ3) is 1.98. The van der Waals surface area contributed by atoms with Crippen LogP contribution in [0.1, 0.15) is 26.8 Å². The summed E-state index contributed by atoms with van der Waals surface area (Å²) < 4.78 is 4.15. The Kier molecular flexibility index (Phi) is 3.04. The van der Waals surface area contributed by atoms with Crippen molar-refractivity contribution in [1.82, 2.24) is 14.5 Å². The largest absolute Gasteiger partial charge is 0.322 e. The molecule has 0 radical (unpaired) electrons. The van der Waals surface area contributed by atoms with E-state index in [9.17, 15) is 0 Å². The maximum Gasteiger partial charge on any atom is 0.322 e. The molecule has 0 unspecified atom stereocenters. The summed E-state index contributed by atoms with van der Waals surface area (Å²) in [5.74, 6) is 0. The van der Waals surface area contributed by atoms with Gasteiger partial charge in [-0.05, 0) is 26.8 Å². The monoisotopic (exact) mass is 229 g/mol. The molecular formula is C13H17N4+. The molecule has 2 rings (SSSR count). The van der Waals surface area contributed by atoms with Crippen LogP contribution >= 0.6 is 0 Å². The first-order valence-electron chi connectivity index (χ1n) is 5.68. The van der Waals surface area contributed by atoms with E-state index in [4.69, 9.17) is 0 Å². The van der Waals surface area contributed by atoms with Crippen LogP contribution < -0.4 is 4.57 Å². The molecule has 0 aromatic carbocycles. The minimum Gasteiger partial charge on any atom is -0.229 e. The topological polar surface area (TPSA) is 34.6 Å². The van der Waals surface area contributed by atoms with Gasteiger partial charge in [0.15, 0.2) is 6.33 Å². The Bertz CT molecular complexity index is 578. The van der Waals surface area contributed by atoms with Gasteiger partial charge >= 0.3 is 5.65 Å². The van der Waals surface area contributed by atoms with Crippen molar-refractivity contribution in [2.45, 2.75) is 26.8 Å². The van der Waals surface area contributed by atoms with Gasteiger partial charge in [-0.15, -0.1) is 4.98 Å². The number of hydrogen-bond acceptors (Lipinski definition) is 2. The molecule has 17 heavy (non-hydrogen) atoms. The lowest BCUT2D eigenvalue weighted by atomic mass is 10.4. The molecule has 0 atom stereocenters. The van der Waals surface area contributed by atoms with Gasteiger partial charge in [-0.3, -0.25) is 0 Å². The highest BCUT2D eigenvalue weighted by atomic mass is 15.2. The second kappa shape index (κ2) is 4.49. The molecular weight excluding hydrogens is 212 g/mol. The minimum atomic E-state index is 0.354. The van der Waals surface area contributed by atoms with Crippen molar-refractivity contribution in [2.24, 2.45) is 0 Å². The SMILES string of the molecule is C=CC=C(C)n1c[n+](C(C)C)c2nccnc21. The second-order valence-corrected chi connectivity index (χ2v) is 4.23. The predicted octanol–water partition coefficient (Wildman–Crippen LogP) is 2.35. The van der Waals surface area contributed by atoms with Crippen LogP contribution in [-0.2, 0) is 0 Å². The number of allylic oxidation sites excluding steroid dienone is 3. The number of rotatable bonds is 3. The van der Waals surface area contributed by atoms with Crippen LogP contribution in [0.5, 0.6) is 0 Å². The van der Waals surface area contributed by atoms with Crippen molar-refractivity contribution in [2.75, 3.05) is 0 Å². The van der Waals surface area contributed by atoms with Crippen LogP contribution in [-0.4, -0.2) is 14.5 Å². The van der Waals surface area contributed by atoms with Crippen molar-refractivity contribution >= 4 is 17.0 Å². The van der Waals surface area contributed by atoms with Crippen LogP contribution in [0, 0.1) is 0 Å². The maximum absolute atomic E-state index is 4.39. The van der Waals surface area contributed by atoms with E-state index in [1.807, 2.05) is 23.9 Å². The Morgan fingerprint density at radius 1 is 1.41 bits per heavy atom. The predicted molar refractivity (Wildman–Crippen MR) is 68.3 cm³/mol. The zero-order chi connectivity index (χ0) is 12.4. The molecule has 0 saturated heterocycles. The highest BCUT2D eigenvalue weighted by Crippen LogP contribution is 2.13. The molecule has 0 saturated carbocycles. The zero-order valence-corrected chi connectivity index (χ0v) is 10.5. The third-order valence-corrected chi connectivity index (χ3v) is 2.67. The van der Waals surface area contributed by atoms with E-state index in [2.05, 4.69) is 35.0 Å². The lowest BCUT2D eigenvalue weighted by Crippen LogP contribution is -2.35. The summed E-state index contributed by atoms with van der Waals surface area (Å²) in [7, 11) is 0. The van der Waals surface area contributed by atoms with E-state index in [-0.39, 0.29) is 0 Å². The van der Waals surface area contributed by atoms with Crippen LogP contribution in [0.2, 0.25) is 0 Å². The molecule has 2 heterocycles. The lowest BCUT2D eigenvalue weighted by molar-refractivity contribution is -0.693. The Morgan fingerprint density at radius 2 is 2.12 bits per heavy atom. The molecule has 0 aliphatic rings. The van der Waals surface area contributed by atoms with Gasteiger partial charge in [0.2, 0.25) is 0 Å². The fraction of sp³-hybridized carbons (Fsp3) is 0.308. The third-order valence-electron chi connectivity index (χ3n) is 2.67. The van der Waals surface area contributed by atoms with E-state index in [0.717, 1.165) is 17.0 Å². The van der Waals surface area contributed by atoms with Gasteiger partial charge in [0, 0.05) is 0 Å². The van der Waals surface area contributed by atoms with E-state index < -0.39 is 0 Å². The number of aromatic nitrogens is 4. The molecule has 4 nitrogen and oxygen atoms in total. The van der Waals surface area contributed by atoms with Crippen molar-refractivity contribution in [3.63, 3.8) is 0 Å². The molecule has 88 valence electrons. The van der Waals surface area contributed by atoms with Crippen LogP contribution in [0.4, 0.5) is 0 Å². The maximum atomic E-state index is 4.39. The quantitative estimate of drug-likeness (QED) is 0.598. The molecule has 0 aliphatic carbocycles.